The summed E-state index contributed by atoms with van der Waals surface area (Å²) in [4.78, 5) is 35.0. The number of fused-ring (bicyclic) bond motifs is 1. The van der Waals surface area contributed by atoms with Crippen molar-refractivity contribution in [3.63, 3.8) is 0 Å². The second-order valence-electron chi connectivity index (χ2n) is 5.94. The van der Waals surface area contributed by atoms with Crippen molar-refractivity contribution < 1.29 is 24.2 Å². The number of para-hydroxylation sites is 1. The smallest absolute Gasteiger partial charge is 0.341 e. The fourth-order valence-electron chi connectivity index (χ4n) is 2.85. The number of hydrogen-bond donors (Lipinski definition) is 3. The van der Waals surface area contributed by atoms with Crippen molar-refractivity contribution in [3.05, 3.63) is 59.7 Å². The molecule has 0 spiro atoms. The highest BCUT2D eigenvalue weighted by Gasteiger charge is 2.30. The van der Waals surface area contributed by atoms with E-state index < -0.39 is 18.5 Å². The second kappa shape index (κ2) is 7.69. The third-order valence-corrected chi connectivity index (χ3v) is 4.04. The first-order valence-corrected chi connectivity index (χ1v) is 8.13. The van der Waals surface area contributed by atoms with Crippen LogP contribution in [0.15, 0.2) is 48.5 Å². The summed E-state index contributed by atoms with van der Waals surface area (Å²) in [6.07, 6.45) is 0.102. The van der Waals surface area contributed by atoms with E-state index in [2.05, 4.69) is 10.6 Å². The van der Waals surface area contributed by atoms with E-state index in [9.17, 15) is 14.4 Å². The highest BCUT2D eigenvalue weighted by molar-refractivity contribution is 6.01. The minimum atomic E-state index is -1.06. The Labute approximate surface area is 150 Å². The predicted molar refractivity (Wildman–Crippen MR) is 93.8 cm³/mol. The number of aliphatic carboxylic acids is 1. The quantitative estimate of drug-likeness (QED) is 0.735. The molecule has 2 amide bonds. The first-order chi connectivity index (χ1) is 12.5. The number of amides is 2. The SMILES string of the molecule is O=C(O)COc1cccc(CNC(=O)[C@@H]2CC(=O)Nc3ccccc32)c1. The van der Waals surface area contributed by atoms with Crippen molar-refractivity contribution in [2.75, 3.05) is 11.9 Å². The van der Waals surface area contributed by atoms with Crippen LogP contribution in [0.25, 0.3) is 0 Å². The third kappa shape index (κ3) is 4.18. The summed E-state index contributed by atoms with van der Waals surface area (Å²) in [7, 11) is 0. The molecule has 1 atom stereocenters. The van der Waals surface area contributed by atoms with E-state index in [1.54, 1.807) is 30.3 Å². The molecule has 3 N–H and O–H groups in total. The summed E-state index contributed by atoms with van der Waals surface area (Å²) in [6.45, 7) is -0.173. The Bertz CT molecular complexity index is 849. The van der Waals surface area contributed by atoms with Gasteiger partial charge in [0.1, 0.15) is 5.75 Å². The van der Waals surface area contributed by atoms with Gasteiger partial charge in [-0.3, -0.25) is 9.59 Å². The molecule has 134 valence electrons. The van der Waals surface area contributed by atoms with Crippen LogP contribution >= 0.6 is 0 Å². The van der Waals surface area contributed by atoms with Crippen molar-refractivity contribution in [3.8, 4) is 5.75 Å². The molecule has 0 aliphatic carbocycles. The number of carbonyl (C=O) groups is 3. The van der Waals surface area contributed by atoms with Gasteiger partial charge in [0.05, 0.1) is 5.92 Å². The van der Waals surface area contributed by atoms with Gasteiger partial charge in [0.15, 0.2) is 6.61 Å². The van der Waals surface area contributed by atoms with Crippen LogP contribution in [0.4, 0.5) is 5.69 Å². The standard InChI is InChI=1S/C19H18N2O5/c22-17-9-15(14-6-1-2-7-16(14)21-17)19(25)20-10-12-4-3-5-13(8-12)26-11-18(23)24/h1-8,15H,9-11H2,(H,20,25)(H,21,22)(H,23,24)/t15-/m1/s1. The minimum Gasteiger partial charge on any atom is -0.482 e. The Balaban J connectivity index is 1.65. The lowest BCUT2D eigenvalue weighted by molar-refractivity contribution is -0.139. The molecule has 7 heteroatoms. The summed E-state index contributed by atoms with van der Waals surface area (Å²) >= 11 is 0. The van der Waals surface area contributed by atoms with Gasteiger partial charge in [-0.25, -0.2) is 4.79 Å². The predicted octanol–water partition coefficient (Wildman–Crippen LogP) is 1.89. The van der Waals surface area contributed by atoms with Gasteiger partial charge in [0.25, 0.3) is 0 Å². The number of hydrogen-bond acceptors (Lipinski definition) is 4. The van der Waals surface area contributed by atoms with Crippen LogP contribution in [0, 0.1) is 0 Å². The zero-order chi connectivity index (χ0) is 18.5. The molecular weight excluding hydrogens is 336 g/mol. The number of carboxylic acids is 1. The van der Waals surface area contributed by atoms with Crippen molar-refractivity contribution in [1.82, 2.24) is 5.32 Å². The van der Waals surface area contributed by atoms with Crippen molar-refractivity contribution in [2.24, 2.45) is 0 Å². The number of nitrogens with one attached hydrogen (secondary N) is 2. The lowest BCUT2D eigenvalue weighted by Crippen LogP contribution is -2.34. The van der Waals surface area contributed by atoms with E-state index in [0.29, 0.717) is 11.4 Å². The summed E-state index contributed by atoms with van der Waals surface area (Å²) in [5.41, 5.74) is 2.23. The number of ether oxygens (including phenoxy) is 1. The van der Waals surface area contributed by atoms with Crippen LogP contribution in [0.2, 0.25) is 0 Å². The number of carboxylic acid groups (broad SMARTS) is 1. The lowest BCUT2D eigenvalue weighted by atomic mass is 9.90. The Morgan fingerprint density at radius 2 is 2.00 bits per heavy atom. The van der Waals surface area contributed by atoms with Gasteiger partial charge in [0.2, 0.25) is 11.8 Å². The Hall–Kier alpha value is -3.35. The summed E-state index contributed by atoms with van der Waals surface area (Å²) in [5.74, 6) is -1.59. The highest BCUT2D eigenvalue weighted by atomic mass is 16.5. The van der Waals surface area contributed by atoms with Crippen molar-refractivity contribution >= 4 is 23.5 Å². The van der Waals surface area contributed by atoms with Gasteiger partial charge in [-0.15, -0.1) is 0 Å². The van der Waals surface area contributed by atoms with Crippen LogP contribution in [0.3, 0.4) is 0 Å². The van der Waals surface area contributed by atoms with Gasteiger partial charge >= 0.3 is 5.97 Å². The maximum Gasteiger partial charge on any atom is 0.341 e. The summed E-state index contributed by atoms with van der Waals surface area (Å²) in [5, 5.41) is 14.2. The fraction of sp³-hybridized carbons (Fsp3) is 0.211. The maximum atomic E-state index is 12.6. The molecule has 0 fully saturated rings. The Morgan fingerprint density at radius 3 is 2.81 bits per heavy atom. The average Bonchev–Trinajstić information content (AvgIpc) is 2.64. The van der Waals surface area contributed by atoms with Crippen LogP contribution in [-0.2, 0) is 20.9 Å². The van der Waals surface area contributed by atoms with Crippen LogP contribution in [0.5, 0.6) is 5.75 Å². The van der Waals surface area contributed by atoms with E-state index in [1.165, 1.54) is 0 Å². The van der Waals surface area contributed by atoms with Crippen LogP contribution in [-0.4, -0.2) is 29.5 Å². The maximum absolute atomic E-state index is 12.6. The summed E-state index contributed by atoms with van der Waals surface area (Å²) < 4.78 is 5.13. The zero-order valence-electron chi connectivity index (χ0n) is 13.9. The van der Waals surface area contributed by atoms with Gasteiger partial charge in [-0.1, -0.05) is 30.3 Å². The monoisotopic (exact) mass is 354 g/mol. The average molecular weight is 354 g/mol. The van der Waals surface area contributed by atoms with Crippen molar-refractivity contribution in [2.45, 2.75) is 18.9 Å². The first-order valence-electron chi connectivity index (χ1n) is 8.13. The first kappa shape index (κ1) is 17.5. The molecule has 0 bridgehead atoms. The molecule has 0 unspecified atom stereocenters. The molecule has 0 saturated heterocycles. The molecule has 1 aliphatic rings. The molecule has 3 rings (SSSR count). The van der Waals surface area contributed by atoms with Gasteiger partial charge in [-0.05, 0) is 29.3 Å². The molecular formula is C19H18N2O5. The Morgan fingerprint density at radius 1 is 1.19 bits per heavy atom. The Kier molecular flexibility index (Phi) is 5.17. The molecule has 1 aliphatic heterocycles. The third-order valence-electron chi connectivity index (χ3n) is 4.04. The normalized spacial score (nSPS) is 15.5. The molecule has 0 saturated carbocycles. The largest absolute Gasteiger partial charge is 0.482 e. The van der Waals surface area contributed by atoms with E-state index in [1.807, 2.05) is 18.2 Å². The highest BCUT2D eigenvalue weighted by Crippen LogP contribution is 2.32. The molecule has 1 heterocycles. The molecule has 7 nitrogen and oxygen atoms in total. The molecule has 26 heavy (non-hydrogen) atoms. The molecule has 0 radical (unpaired) electrons. The van der Waals surface area contributed by atoms with Crippen LogP contribution in [0.1, 0.15) is 23.5 Å². The topological polar surface area (TPSA) is 105 Å². The molecule has 2 aromatic carbocycles. The second-order valence-corrected chi connectivity index (χ2v) is 5.94. The van der Waals surface area contributed by atoms with Crippen LogP contribution < -0.4 is 15.4 Å². The summed E-state index contributed by atoms with van der Waals surface area (Å²) in [6, 6.07) is 14.1. The van der Waals surface area contributed by atoms with E-state index >= 15 is 0 Å². The number of benzene rings is 2. The van der Waals surface area contributed by atoms with E-state index in [-0.39, 0.29) is 24.8 Å². The van der Waals surface area contributed by atoms with E-state index in [0.717, 1.165) is 11.1 Å². The zero-order valence-corrected chi connectivity index (χ0v) is 13.9. The molecule has 2 aromatic rings. The lowest BCUT2D eigenvalue weighted by Gasteiger charge is -2.24. The molecule has 0 aromatic heterocycles. The van der Waals surface area contributed by atoms with Gasteiger partial charge < -0.3 is 20.5 Å². The van der Waals surface area contributed by atoms with E-state index in [4.69, 9.17) is 9.84 Å². The van der Waals surface area contributed by atoms with Crippen molar-refractivity contribution in [1.29, 1.82) is 0 Å². The number of carbonyl (C=O) groups excluding carboxylic acids is 2. The fourth-order valence-corrected chi connectivity index (χ4v) is 2.85. The van der Waals surface area contributed by atoms with Gasteiger partial charge in [-0.2, -0.15) is 0 Å². The number of anilines is 1. The van der Waals surface area contributed by atoms with Gasteiger partial charge in [0, 0.05) is 18.7 Å². The number of rotatable bonds is 6. The minimum absolute atomic E-state index is 0.102.